The summed E-state index contributed by atoms with van der Waals surface area (Å²) in [6, 6.07) is 6.89. The zero-order valence-corrected chi connectivity index (χ0v) is 12.4. The molecule has 1 aromatic carbocycles. The third kappa shape index (κ3) is 3.45. The van der Waals surface area contributed by atoms with Gasteiger partial charge in [-0.05, 0) is 37.7 Å². The number of ether oxygens (including phenoxy) is 2. The summed E-state index contributed by atoms with van der Waals surface area (Å²) >= 11 is 0. The van der Waals surface area contributed by atoms with Gasteiger partial charge in [-0.1, -0.05) is 25.0 Å². The average Bonchev–Trinajstić information content (AvgIpc) is 3.17. The third-order valence-electron chi connectivity index (χ3n) is 4.38. The van der Waals surface area contributed by atoms with Crippen LogP contribution in [-0.4, -0.2) is 19.8 Å². The third-order valence-corrected chi connectivity index (χ3v) is 4.38. The van der Waals surface area contributed by atoms with Crippen molar-refractivity contribution in [1.29, 1.82) is 0 Å². The highest BCUT2D eigenvalue weighted by Gasteiger charge is 2.22. The number of hydrogen-bond donors (Lipinski definition) is 1. The molecule has 3 heteroatoms. The summed E-state index contributed by atoms with van der Waals surface area (Å²) in [5.74, 6) is 2.53. The Hall–Kier alpha value is -1.22. The molecular formula is C17H25NO2. The van der Waals surface area contributed by atoms with Crippen molar-refractivity contribution < 1.29 is 9.47 Å². The van der Waals surface area contributed by atoms with Crippen molar-refractivity contribution in [3.8, 4) is 11.5 Å². The normalized spacial score (nSPS) is 19.2. The van der Waals surface area contributed by atoms with Crippen molar-refractivity contribution in [3.63, 3.8) is 0 Å². The SMILES string of the molecule is COc1cccc(CNC2CC2)c1OCC1CCCC1. The predicted molar refractivity (Wildman–Crippen MR) is 80.3 cm³/mol. The van der Waals surface area contributed by atoms with E-state index in [0.717, 1.165) is 30.6 Å². The first-order valence-electron chi connectivity index (χ1n) is 7.89. The van der Waals surface area contributed by atoms with E-state index in [1.54, 1.807) is 7.11 Å². The minimum Gasteiger partial charge on any atom is -0.493 e. The fourth-order valence-electron chi connectivity index (χ4n) is 2.95. The minimum atomic E-state index is 0.712. The van der Waals surface area contributed by atoms with Crippen molar-refractivity contribution in [1.82, 2.24) is 5.32 Å². The van der Waals surface area contributed by atoms with Crippen LogP contribution in [0.15, 0.2) is 18.2 Å². The monoisotopic (exact) mass is 275 g/mol. The van der Waals surface area contributed by atoms with Crippen LogP contribution in [0.25, 0.3) is 0 Å². The Balaban J connectivity index is 1.66. The Bertz CT molecular complexity index is 437. The van der Waals surface area contributed by atoms with E-state index in [4.69, 9.17) is 9.47 Å². The number of benzene rings is 1. The van der Waals surface area contributed by atoms with Gasteiger partial charge >= 0.3 is 0 Å². The highest BCUT2D eigenvalue weighted by Crippen LogP contribution is 2.34. The first kappa shape index (κ1) is 13.7. The van der Waals surface area contributed by atoms with Gasteiger partial charge in [-0.25, -0.2) is 0 Å². The lowest BCUT2D eigenvalue weighted by Gasteiger charge is -2.17. The van der Waals surface area contributed by atoms with E-state index in [0.29, 0.717) is 6.04 Å². The van der Waals surface area contributed by atoms with Crippen molar-refractivity contribution in [2.24, 2.45) is 5.92 Å². The van der Waals surface area contributed by atoms with Gasteiger partial charge in [0.1, 0.15) is 0 Å². The van der Waals surface area contributed by atoms with Gasteiger partial charge < -0.3 is 14.8 Å². The van der Waals surface area contributed by atoms with Crippen molar-refractivity contribution in [2.45, 2.75) is 51.1 Å². The molecule has 2 aliphatic carbocycles. The quantitative estimate of drug-likeness (QED) is 0.826. The smallest absolute Gasteiger partial charge is 0.165 e. The molecule has 3 rings (SSSR count). The first-order chi connectivity index (χ1) is 9.86. The summed E-state index contributed by atoms with van der Waals surface area (Å²) < 4.78 is 11.6. The van der Waals surface area contributed by atoms with Crippen LogP contribution in [0.2, 0.25) is 0 Å². The van der Waals surface area contributed by atoms with Gasteiger partial charge in [-0.2, -0.15) is 0 Å². The number of para-hydroxylation sites is 1. The van der Waals surface area contributed by atoms with Crippen LogP contribution < -0.4 is 14.8 Å². The molecule has 0 aromatic heterocycles. The lowest BCUT2D eigenvalue weighted by molar-refractivity contribution is 0.238. The van der Waals surface area contributed by atoms with Crippen LogP contribution >= 0.6 is 0 Å². The fraction of sp³-hybridized carbons (Fsp3) is 0.647. The molecule has 0 radical (unpaired) electrons. The second-order valence-corrected chi connectivity index (χ2v) is 6.07. The second kappa shape index (κ2) is 6.49. The van der Waals surface area contributed by atoms with Crippen molar-refractivity contribution in [3.05, 3.63) is 23.8 Å². The van der Waals surface area contributed by atoms with Gasteiger partial charge in [0.15, 0.2) is 11.5 Å². The zero-order valence-electron chi connectivity index (χ0n) is 12.4. The topological polar surface area (TPSA) is 30.5 Å². The van der Waals surface area contributed by atoms with Crippen LogP contribution in [0.4, 0.5) is 0 Å². The van der Waals surface area contributed by atoms with Crippen LogP contribution in [0.3, 0.4) is 0 Å². The van der Waals surface area contributed by atoms with E-state index in [2.05, 4.69) is 11.4 Å². The molecule has 3 nitrogen and oxygen atoms in total. The molecule has 2 saturated carbocycles. The maximum Gasteiger partial charge on any atom is 0.165 e. The molecule has 0 atom stereocenters. The maximum atomic E-state index is 6.13. The molecule has 110 valence electrons. The van der Waals surface area contributed by atoms with E-state index in [1.807, 2.05) is 12.1 Å². The summed E-state index contributed by atoms with van der Waals surface area (Å²) in [6.45, 7) is 1.71. The molecule has 1 aromatic rings. The molecule has 2 fully saturated rings. The van der Waals surface area contributed by atoms with E-state index < -0.39 is 0 Å². The van der Waals surface area contributed by atoms with Crippen molar-refractivity contribution in [2.75, 3.05) is 13.7 Å². The predicted octanol–water partition coefficient (Wildman–Crippen LogP) is 3.52. The number of rotatable bonds is 7. The van der Waals surface area contributed by atoms with Gasteiger partial charge in [0.05, 0.1) is 13.7 Å². The lowest BCUT2D eigenvalue weighted by atomic mass is 10.1. The van der Waals surface area contributed by atoms with E-state index >= 15 is 0 Å². The average molecular weight is 275 g/mol. The van der Waals surface area contributed by atoms with Gasteiger partial charge in [0.2, 0.25) is 0 Å². The highest BCUT2D eigenvalue weighted by atomic mass is 16.5. The van der Waals surface area contributed by atoms with Crippen molar-refractivity contribution >= 4 is 0 Å². The molecule has 0 saturated heterocycles. The summed E-state index contributed by atoms with van der Waals surface area (Å²) in [5, 5.41) is 3.56. The van der Waals surface area contributed by atoms with Crippen LogP contribution in [0, 0.1) is 5.92 Å². The summed E-state index contributed by atoms with van der Waals surface area (Å²) in [6.07, 6.45) is 7.95. The summed E-state index contributed by atoms with van der Waals surface area (Å²) in [4.78, 5) is 0. The van der Waals surface area contributed by atoms with Gasteiger partial charge in [-0.3, -0.25) is 0 Å². The summed E-state index contributed by atoms with van der Waals surface area (Å²) in [5.41, 5.74) is 1.22. The molecule has 0 spiro atoms. The Morgan fingerprint density at radius 3 is 2.65 bits per heavy atom. The molecule has 0 heterocycles. The van der Waals surface area contributed by atoms with Crippen LogP contribution in [0.5, 0.6) is 11.5 Å². The molecule has 2 aliphatic rings. The fourth-order valence-corrected chi connectivity index (χ4v) is 2.95. The first-order valence-corrected chi connectivity index (χ1v) is 7.89. The highest BCUT2D eigenvalue weighted by molar-refractivity contribution is 5.46. The van der Waals surface area contributed by atoms with E-state index in [1.165, 1.54) is 44.1 Å². The molecular weight excluding hydrogens is 250 g/mol. The zero-order chi connectivity index (χ0) is 13.8. The maximum absolute atomic E-state index is 6.13. The molecule has 0 aliphatic heterocycles. The Labute approximate surface area is 121 Å². The molecule has 0 unspecified atom stereocenters. The minimum absolute atomic E-state index is 0.712. The van der Waals surface area contributed by atoms with E-state index in [-0.39, 0.29) is 0 Å². The van der Waals surface area contributed by atoms with Gasteiger partial charge in [0, 0.05) is 18.2 Å². The number of hydrogen-bond acceptors (Lipinski definition) is 3. The Morgan fingerprint density at radius 2 is 1.95 bits per heavy atom. The summed E-state index contributed by atoms with van der Waals surface area (Å²) in [7, 11) is 1.72. The van der Waals surface area contributed by atoms with Gasteiger partial charge in [-0.15, -0.1) is 0 Å². The molecule has 0 bridgehead atoms. The lowest BCUT2D eigenvalue weighted by Crippen LogP contribution is -2.17. The largest absolute Gasteiger partial charge is 0.493 e. The Kier molecular flexibility index (Phi) is 4.46. The van der Waals surface area contributed by atoms with Gasteiger partial charge in [0.25, 0.3) is 0 Å². The molecule has 20 heavy (non-hydrogen) atoms. The Morgan fingerprint density at radius 1 is 1.15 bits per heavy atom. The van der Waals surface area contributed by atoms with Crippen LogP contribution in [0.1, 0.15) is 44.1 Å². The molecule has 0 amide bonds. The standard InChI is InChI=1S/C17H25NO2/c1-19-16-8-4-7-14(11-18-15-9-10-15)17(16)20-12-13-5-2-3-6-13/h4,7-8,13,15,18H,2-3,5-6,9-12H2,1H3. The van der Waals surface area contributed by atoms with Crippen LogP contribution in [-0.2, 0) is 6.54 Å². The van der Waals surface area contributed by atoms with E-state index in [9.17, 15) is 0 Å². The number of methoxy groups -OCH3 is 1. The molecule has 1 N–H and O–H groups in total. The number of nitrogens with one attached hydrogen (secondary N) is 1. The second-order valence-electron chi connectivity index (χ2n) is 6.07.